The molecule has 2 aromatic heterocycles. The highest BCUT2D eigenvalue weighted by molar-refractivity contribution is 7.80. The number of nitrogens with one attached hydrogen (secondary N) is 2. The summed E-state index contributed by atoms with van der Waals surface area (Å²) in [5.74, 6) is 2.06. The van der Waals surface area contributed by atoms with E-state index in [-0.39, 0.29) is 0 Å². The molecule has 2 N–H and O–H groups in total. The van der Waals surface area contributed by atoms with Gasteiger partial charge in [0.05, 0.1) is 31.1 Å². The van der Waals surface area contributed by atoms with Crippen molar-refractivity contribution in [2.75, 3.05) is 7.11 Å². The third kappa shape index (κ3) is 4.67. The first-order valence-electron chi connectivity index (χ1n) is 7.96. The van der Waals surface area contributed by atoms with E-state index in [0.29, 0.717) is 23.2 Å². The molecule has 0 radical (unpaired) electrons. The highest BCUT2D eigenvalue weighted by Gasteiger charge is 2.08. The van der Waals surface area contributed by atoms with E-state index in [0.717, 1.165) is 17.0 Å². The Morgan fingerprint density at radius 3 is 2.85 bits per heavy atom. The molecular formula is C19H18N4O2S. The van der Waals surface area contributed by atoms with Gasteiger partial charge >= 0.3 is 0 Å². The minimum absolute atomic E-state index is 0.406. The second kappa shape index (κ2) is 8.77. The monoisotopic (exact) mass is 366 g/mol. The van der Waals surface area contributed by atoms with Gasteiger partial charge in [0.2, 0.25) is 0 Å². The highest BCUT2D eigenvalue weighted by atomic mass is 32.1. The topological polar surface area (TPSA) is 71.7 Å². The van der Waals surface area contributed by atoms with E-state index in [4.69, 9.17) is 21.4 Å². The highest BCUT2D eigenvalue weighted by Crippen LogP contribution is 2.30. The van der Waals surface area contributed by atoms with Crippen LogP contribution in [0.3, 0.4) is 0 Å². The van der Waals surface area contributed by atoms with Crippen molar-refractivity contribution in [3.05, 3.63) is 72.2 Å². The zero-order chi connectivity index (χ0) is 18.2. The third-order valence-corrected chi connectivity index (χ3v) is 3.75. The maximum absolute atomic E-state index is 5.78. The first-order valence-corrected chi connectivity index (χ1v) is 8.37. The van der Waals surface area contributed by atoms with Crippen LogP contribution in [-0.2, 0) is 6.54 Å². The Hall–Kier alpha value is -3.19. The summed E-state index contributed by atoms with van der Waals surface area (Å²) >= 11 is 5.17. The van der Waals surface area contributed by atoms with Gasteiger partial charge in [-0.3, -0.25) is 10.4 Å². The van der Waals surface area contributed by atoms with Crippen molar-refractivity contribution in [2.45, 2.75) is 6.54 Å². The molecule has 0 spiro atoms. The summed E-state index contributed by atoms with van der Waals surface area (Å²) in [5.41, 5.74) is 4.53. The molecule has 0 amide bonds. The number of hydrogen-bond acceptors (Lipinski definition) is 5. The molecule has 0 unspecified atom stereocenters. The number of nitrogens with zero attached hydrogens (tertiary/aromatic N) is 2. The van der Waals surface area contributed by atoms with Crippen LogP contribution >= 0.6 is 12.2 Å². The van der Waals surface area contributed by atoms with Gasteiger partial charge in [-0.25, -0.2) is 0 Å². The van der Waals surface area contributed by atoms with Gasteiger partial charge in [0.1, 0.15) is 17.3 Å². The molecule has 0 aliphatic heterocycles. The van der Waals surface area contributed by atoms with Crippen molar-refractivity contribution in [3.8, 4) is 17.1 Å². The standard InChI is InChI=1S/C19H18N4O2S/c1-24-17-8-3-2-7-16(17)18-10-9-15(25-18)13-22-23-19(26)21-12-14-6-4-5-11-20-14/h2-11,13H,12H2,1H3,(H2,21,23,26). The normalized spacial score (nSPS) is 10.7. The van der Waals surface area contributed by atoms with Crippen molar-refractivity contribution in [1.82, 2.24) is 15.7 Å². The molecule has 0 saturated carbocycles. The van der Waals surface area contributed by atoms with Crippen LogP contribution in [0.15, 0.2) is 70.3 Å². The second-order valence-corrected chi connectivity index (χ2v) is 5.68. The average molecular weight is 366 g/mol. The quantitative estimate of drug-likeness (QED) is 0.396. The Morgan fingerprint density at radius 1 is 1.19 bits per heavy atom. The van der Waals surface area contributed by atoms with Gasteiger partial charge in [0.25, 0.3) is 0 Å². The van der Waals surface area contributed by atoms with Gasteiger partial charge in [-0.15, -0.1) is 0 Å². The van der Waals surface area contributed by atoms with Gasteiger partial charge < -0.3 is 14.5 Å². The number of thiocarbonyl (C=S) groups is 1. The molecule has 1 aromatic carbocycles. The lowest BCUT2D eigenvalue weighted by Gasteiger charge is -2.05. The number of furan rings is 1. The second-order valence-electron chi connectivity index (χ2n) is 5.28. The Labute approximate surface area is 156 Å². The molecule has 0 saturated heterocycles. The van der Waals surface area contributed by atoms with Gasteiger partial charge in [0, 0.05) is 6.20 Å². The fourth-order valence-corrected chi connectivity index (χ4v) is 2.41. The summed E-state index contributed by atoms with van der Waals surface area (Å²) in [6.45, 7) is 0.529. The molecule has 26 heavy (non-hydrogen) atoms. The predicted molar refractivity (Wildman–Crippen MR) is 105 cm³/mol. The minimum Gasteiger partial charge on any atom is -0.496 e. The summed E-state index contributed by atoms with van der Waals surface area (Å²) < 4.78 is 11.1. The molecule has 0 fully saturated rings. The van der Waals surface area contributed by atoms with Crippen molar-refractivity contribution in [3.63, 3.8) is 0 Å². The van der Waals surface area contributed by atoms with Crippen LogP contribution in [0.1, 0.15) is 11.5 Å². The molecule has 2 heterocycles. The van der Waals surface area contributed by atoms with Gasteiger partial charge in [-0.05, 0) is 48.6 Å². The Morgan fingerprint density at radius 2 is 2.04 bits per heavy atom. The smallest absolute Gasteiger partial charge is 0.187 e. The van der Waals surface area contributed by atoms with Crippen LogP contribution in [0.5, 0.6) is 5.75 Å². The molecule has 7 heteroatoms. The maximum Gasteiger partial charge on any atom is 0.187 e. The van der Waals surface area contributed by atoms with Crippen LogP contribution in [-0.4, -0.2) is 23.4 Å². The number of pyridine rings is 1. The van der Waals surface area contributed by atoms with Crippen LogP contribution in [0.2, 0.25) is 0 Å². The number of hydrazone groups is 1. The number of ether oxygens (including phenoxy) is 1. The number of para-hydroxylation sites is 1. The summed E-state index contributed by atoms with van der Waals surface area (Å²) in [6.07, 6.45) is 3.30. The van der Waals surface area contributed by atoms with E-state index in [1.165, 1.54) is 0 Å². The molecule has 132 valence electrons. The lowest BCUT2D eigenvalue weighted by Crippen LogP contribution is -2.31. The zero-order valence-electron chi connectivity index (χ0n) is 14.2. The fourth-order valence-electron chi connectivity index (χ4n) is 2.28. The van der Waals surface area contributed by atoms with Crippen molar-refractivity contribution in [2.24, 2.45) is 5.10 Å². The molecule has 6 nitrogen and oxygen atoms in total. The number of benzene rings is 1. The van der Waals surface area contributed by atoms with E-state index in [1.54, 1.807) is 19.5 Å². The van der Waals surface area contributed by atoms with E-state index in [1.807, 2.05) is 54.6 Å². The van der Waals surface area contributed by atoms with Gasteiger partial charge in [-0.2, -0.15) is 5.10 Å². The minimum atomic E-state index is 0.406. The molecule has 3 aromatic rings. The Bertz CT molecular complexity index is 893. The van der Waals surface area contributed by atoms with Gasteiger partial charge in [0.15, 0.2) is 5.11 Å². The first kappa shape index (κ1) is 17.6. The number of rotatable bonds is 6. The molecule has 0 atom stereocenters. The van der Waals surface area contributed by atoms with Gasteiger partial charge in [-0.1, -0.05) is 18.2 Å². The van der Waals surface area contributed by atoms with Crippen molar-refractivity contribution >= 4 is 23.5 Å². The number of methoxy groups -OCH3 is 1. The van der Waals surface area contributed by atoms with Crippen LogP contribution in [0.25, 0.3) is 11.3 Å². The average Bonchev–Trinajstić information content (AvgIpc) is 3.16. The predicted octanol–water partition coefficient (Wildman–Crippen LogP) is 3.35. The largest absolute Gasteiger partial charge is 0.496 e. The lowest BCUT2D eigenvalue weighted by molar-refractivity contribution is 0.414. The summed E-state index contributed by atoms with van der Waals surface area (Å²) in [7, 11) is 1.63. The Kier molecular flexibility index (Phi) is 5.95. The molecule has 0 bridgehead atoms. The fraction of sp³-hybridized carbons (Fsp3) is 0.105. The van der Waals surface area contributed by atoms with Crippen LogP contribution in [0, 0.1) is 0 Å². The van der Waals surface area contributed by atoms with E-state index >= 15 is 0 Å². The summed E-state index contributed by atoms with van der Waals surface area (Å²) in [6, 6.07) is 17.1. The van der Waals surface area contributed by atoms with E-state index < -0.39 is 0 Å². The molecule has 0 aliphatic carbocycles. The summed E-state index contributed by atoms with van der Waals surface area (Å²) in [4.78, 5) is 4.21. The van der Waals surface area contributed by atoms with Crippen LogP contribution in [0.4, 0.5) is 0 Å². The van der Waals surface area contributed by atoms with Crippen LogP contribution < -0.4 is 15.5 Å². The van der Waals surface area contributed by atoms with Crippen molar-refractivity contribution < 1.29 is 9.15 Å². The Balaban J connectivity index is 1.54. The first-order chi connectivity index (χ1) is 12.8. The number of aromatic nitrogens is 1. The van der Waals surface area contributed by atoms with E-state index in [9.17, 15) is 0 Å². The maximum atomic E-state index is 5.78. The van der Waals surface area contributed by atoms with Crippen molar-refractivity contribution in [1.29, 1.82) is 0 Å². The SMILES string of the molecule is COc1ccccc1-c1ccc(C=NNC(=S)NCc2ccccn2)o1. The molecule has 0 aliphatic rings. The lowest BCUT2D eigenvalue weighted by atomic mass is 10.1. The third-order valence-electron chi connectivity index (χ3n) is 3.51. The summed E-state index contributed by atoms with van der Waals surface area (Å²) in [5, 5.41) is 7.51. The number of hydrogen-bond donors (Lipinski definition) is 2. The van der Waals surface area contributed by atoms with E-state index in [2.05, 4.69) is 20.8 Å². The zero-order valence-corrected chi connectivity index (χ0v) is 15.0. The molecular weight excluding hydrogens is 348 g/mol. The molecule has 3 rings (SSSR count).